The molecule has 2 rings (SSSR count). The second-order valence-electron chi connectivity index (χ2n) is 4.67. The Morgan fingerprint density at radius 1 is 1.14 bits per heavy atom. The Balaban J connectivity index is 1.88. The van der Waals surface area contributed by atoms with Crippen LogP contribution < -0.4 is 10.2 Å². The molecule has 0 amide bonds. The fourth-order valence-electron chi connectivity index (χ4n) is 1.82. The van der Waals surface area contributed by atoms with E-state index in [9.17, 15) is 0 Å². The normalized spacial score (nSPS) is 10.8. The quantitative estimate of drug-likeness (QED) is 0.466. The monoisotopic (exact) mass is 284 g/mol. The van der Waals surface area contributed by atoms with Crippen molar-refractivity contribution in [2.75, 3.05) is 13.2 Å². The Hall–Kier alpha value is -2.33. The molecule has 0 heterocycles. The Labute approximate surface area is 125 Å². The first-order valence-electron chi connectivity index (χ1n) is 6.94. The molecule has 0 bridgehead atoms. The van der Waals surface area contributed by atoms with Crippen LogP contribution >= 0.6 is 0 Å². The maximum absolute atomic E-state index is 8.62. The fraction of sp³-hybridized carbons (Fsp3) is 0.235. The topological polar surface area (TPSA) is 53.8 Å². The smallest absolute Gasteiger partial charge is 0.119 e. The summed E-state index contributed by atoms with van der Waals surface area (Å²) in [7, 11) is 0. The van der Waals surface area contributed by atoms with Crippen LogP contribution in [0.2, 0.25) is 0 Å². The predicted octanol–water partition coefficient (Wildman–Crippen LogP) is 2.49. The molecule has 2 aromatic rings. The predicted molar refractivity (Wildman–Crippen MR) is 84.6 cm³/mol. The van der Waals surface area contributed by atoms with Crippen molar-refractivity contribution in [2.24, 2.45) is 5.10 Å². The fourth-order valence-corrected chi connectivity index (χ4v) is 1.82. The number of ether oxygens (including phenoxy) is 1. The van der Waals surface area contributed by atoms with E-state index in [2.05, 4.69) is 29.6 Å². The van der Waals surface area contributed by atoms with E-state index in [1.165, 1.54) is 11.1 Å². The van der Waals surface area contributed by atoms with Crippen LogP contribution in [0.3, 0.4) is 0 Å². The number of aliphatic hydroxyl groups excluding tert-OH is 1. The minimum atomic E-state index is 0.0724. The van der Waals surface area contributed by atoms with E-state index in [0.29, 0.717) is 13.2 Å². The van der Waals surface area contributed by atoms with Crippen LogP contribution in [0.25, 0.3) is 0 Å². The van der Waals surface area contributed by atoms with Gasteiger partial charge in [-0.1, -0.05) is 24.3 Å². The molecule has 0 aliphatic rings. The van der Waals surface area contributed by atoms with Gasteiger partial charge in [0.15, 0.2) is 0 Å². The van der Waals surface area contributed by atoms with Crippen LogP contribution in [0.5, 0.6) is 5.75 Å². The molecule has 0 saturated carbocycles. The molecule has 0 aromatic heterocycles. The van der Waals surface area contributed by atoms with Gasteiger partial charge in [0.25, 0.3) is 0 Å². The molecule has 21 heavy (non-hydrogen) atoms. The highest BCUT2D eigenvalue weighted by Gasteiger charge is 1.99. The zero-order valence-corrected chi connectivity index (χ0v) is 12.1. The molecule has 0 radical (unpaired) electrons. The molecular formula is C17H20N2O2. The number of aliphatic hydroxyl groups is 1. The number of nitrogens with zero attached hydrogens (tertiary/aromatic N) is 1. The molecule has 0 fully saturated rings. The number of hydrogen-bond donors (Lipinski definition) is 2. The van der Waals surface area contributed by atoms with Gasteiger partial charge in [-0.2, -0.15) is 5.10 Å². The van der Waals surface area contributed by atoms with Crippen LogP contribution in [0.15, 0.2) is 53.6 Å². The van der Waals surface area contributed by atoms with Crippen molar-refractivity contribution in [3.05, 3.63) is 65.2 Å². The summed E-state index contributed by atoms with van der Waals surface area (Å²) in [4.78, 5) is 0. The third-order valence-corrected chi connectivity index (χ3v) is 3.06. The zero-order chi connectivity index (χ0) is 14.9. The molecule has 4 heteroatoms. The molecule has 110 valence electrons. The molecule has 0 unspecified atom stereocenters. The third-order valence-electron chi connectivity index (χ3n) is 3.06. The number of hydrazone groups is 1. The molecule has 2 N–H and O–H groups in total. The summed E-state index contributed by atoms with van der Waals surface area (Å²) in [6.45, 7) is 3.17. The summed E-state index contributed by atoms with van der Waals surface area (Å²) in [5.41, 5.74) is 6.14. The van der Waals surface area contributed by atoms with Gasteiger partial charge in [0, 0.05) is 0 Å². The van der Waals surface area contributed by atoms with Crippen LogP contribution in [0.1, 0.15) is 16.7 Å². The van der Waals surface area contributed by atoms with Crippen LogP contribution in [-0.4, -0.2) is 24.5 Å². The minimum absolute atomic E-state index is 0.0724. The number of hydrogen-bond acceptors (Lipinski definition) is 4. The van der Waals surface area contributed by atoms with Gasteiger partial charge >= 0.3 is 0 Å². The second-order valence-corrected chi connectivity index (χ2v) is 4.67. The maximum atomic E-state index is 8.62. The van der Waals surface area contributed by atoms with Crippen LogP contribution in [0.4, 0.5) is 0 Å². The summed E-state index contributed by atoms with van der Waals surface area (Å²) >= 11 is 0. The van der Waals surface area contributed by atoms with Crippen molar-refractivity contribution in [2.45, 2.75) is 13.5 Å². The molecule has 2 aromatic carbocycles. The van der Waals surface area contributed by atoms with Crippen molar-refractivity contribution in [1.82, 2.24) is 5.43 Å². The third kappa shape index (κ3) is 4.93. The lowest BCUT2D eigenvalue weighted by atomic mass is 10.1. The van der Waals surface area contributed by atoms with Crippen molar-refractivity contribution in [3.63, 3.8) is 0 Å². The van der Waals surface area contributed by atoms with Gasteiger partial charge in [-0.3, -0.25) is 0 Å². The average molecular weight is 284 g/mol. The molecular weight excluding hydrogens is 264 g/mol. The summed E-state index contributed by atoms with van der Waals surface area (Å²) in [5.74, 6) is 0.832. The highest BCUT2D eigenvalue weighted by Crippen LogP contribution is 2.15. The summed E-state index contributed by atoms with van der Waals surface area (Å²) in [6, 6.07) is 15.9. The highest BCUT2D eigenvalue weighted by atomic mass is 16.5. The number of benzene rings is 2. The van der Waals surface area contributed by atoms with Gasteiger partial charge < -0.3 is 15.3 Å². The van der Waals surface area contributed by atoms with E-state index in [0.717, 1.165) is 11.3 Å². The van der Waals surface area contributed by atoms with Crippen molar-refractivity contribution in [1.29, 1.82) is 0 Å². The van der Waals surface area contributed by atoms with Gasteiger partial charge in [0.2, 0.25) is 0 Å². The SMILES string of the molecule is Cc1ccccc1COc1ccc(C=NNCCO)cc1. The van der Waals surface area contributed by atoms with E-state index in [1.54, 1.807) is 6.21 Å². The van der Waals surface area contributed by atoms with Gasteiger partial charge in [0.1, 0.15) is 12.4 Å². The molecule has 4 nitrogen and oxygen atoms in total. The Bertz CT molecular complexity index is 580. The number of rotatable bonds is 7. The largest absolute Gasteiger partial charge is 0.489 e. The van der Waals surface area contributed by atoms with Crippen LogP contribution in [-0.2, 0) is 6.61 Å². The molecule has 0 aliphatic carbocycles. The van der Waals surface area contributed by atoms with Crippen molar-refractivity contribution >= 4 is 6.21 Å². The van der Waals surface area contributed by atoms with Gasteiger partial charge in [-0.15, -0.1) is 0 Å². The first-order valence-corrected chi connectivity index (χ1v) is 6.94. The van der Waals surface area contributed by atoms with Crippen LogP contribution in [0, 0.1) is 6.92 Å². The minimum Gasteiger partial charge on any atom is -0.489 e. The highest BCUT2D eigenvalue weighted by molar-refractivity contribution is 5.79. The number of aryl methyl sites for hydroxylation is 1. The Morgan fingerprint density at radius 2 is 1.90 bits per heavy atom. The summed E-state index contributed by atoms with van der Waals surface area (Å²) < 4.78 is 5.78. The van der Waals surface area contributed by atoms with E-state index in [-0.39, 0.29) is 6.61 Å². The lowest BCUT2D eigenvalue weighted by molar-refractivity contribution is 0.294. The van der Waals surface area contributed by atoms with Gasteiger partial charge in [-0.25, -0.2) is 0 Å². The number of nitrogens with one attached hydrogen (secondary N) is 1. The Morgan fingerprint density at radius 3 is 2.62 bits per heavy atom. The molecule has 0 saturated heterocycles. The van der Waals surface area contributed by atoms with E-state index >= 15 is 0 Å². The summed E-state index contributed by atoms with van der Waals surface area (Å²) in [5, 5.41) is 12.6. The lowest BCUT2D eigenvalue weighted by Gasteiger charge is -2.08. The first kappa shape index (κ1) is 15.1. The van der Waals surface area contributed by atoms with Gasteiger partial charge in [-0.05, 0) is 47.9 Å². The molecule has 0 spiro atoms. The Kier molecular flexibility index (Phi) is 5.79. The maximum Gasteiger partial charge on any atom is 0.119 e. The van der Waals surface area contributed by atoms with Gasteiger partial charge in [0.05, 0.1) is 19.4 Å². The lowest BCUT2D eigenvalue weighted by Crippen LogP contribution is -2.11. The first-order chi connectivity index (χ1) is 10.3. The van der Waals surface area contributed by atoms with E-state index in [4.69, 9.17) is 9.84 Å². The van der Waals surface area contributed by atoms with E-state index < -0.39 is 0 Å². The van der Waals surface area contributed by atoms with Crippen molar-refractivity contribution < 1.29 is 9.84 Å². The van der Waals surface area contributed by atoms with Crippen molar-refractivity contribution in [3.8, 4) is 5.75 Å². The summed E-state index contributed by atoms with van der Waals surface area (Å²) in [6.07, 6.45) is 1.71. The zero-order valence-electron chi connectivity index (χ0n) is 12.1. The molecule has 0 aliphatic heterocycles. The average Bonchev–Trinajstić information content (AvgIpc) is 2.52. The van der Waals surface area contributed by atoms with E-state index in [1.807, 2.05) is 36.4 Å². The molecule has 0 atom stereocenters. The standard InChI is InChI=1S/C17H20N2O2/c1-14-4-2-3-5-16(14)13-21-17-8-6-15(7-9-17)12-19-18-10-11-20/h2-9,12,18,20H,10-11,13H2,1H3. The second kappa shape index (κ2) is 8.07.